The van der Waals surface area contributed by atoms with Gasteiger partial charge in [0.15, 0.2) is 0 Å². The van der Waals surface area contributed by atoms with E-state index < -0.39 is 5.41 Å². The Bertz CT molecular complexity index is 793. The first-order chi connectivity index (χ1) is 25.6. The van der Waals surface area contributed by atoms with Crippen molar-refractivity contribution < 1.29 is 30.3 Å². The number of unbranched alkanes of at least 4 members (excludes halogenated alkanes) is 18. The molecule has 0 spiro atoms. The molecule has 0 bridgehead atoms. The molecule has 6 N–H and O–H groups in total. The van der Waals surface area contributed by atoms with Crippen LogP contribution in [0.2, 0.25) is 0 Å². The Morgan fingerprint density at radius 3 is 1.53 bits per heavy atom. The maximum atomic E-state index is 12.1. The molecule has 0 radical (unpaired) electrons. The summed E-state index contributed by atoms with van der Waals surface area (Å²) in [4.78, 5) is 24.1. The molecule has 318 valence electrons. The number of thioether (sulfide) groups is 2. The van der Waals surface area contributed by atoms with Crippen molar-refractivity contribution in [3.8, 4) is 0 Å². The van der Waals surface area contributed by atoms with Gasteiger partial charge in [-0.25, -0.2) is 0 Å². The van der Waals surface area contributed by atoms with Crippen molar-refractivity contribution in [3.63, 3.8) is 0 Å². The number of esters is 1. The summed E-state index contributed by atoms with van der Waals surface area (Å²) in [6, 6.07) is 0. The summed E-state index contributed by atoms with van der Waals surface area (Å²) in [5.41, 5.74) is 3.37. The Kier molecular flexibility index (Phi) is 42.4. The zero-order chi connectivity index (χ0) is 39.8. The molecule has 4 atom stereocenters. The van der Waals surface area contributed by atoms with Crippen LogP contribution in [0.15, 0.2) is 0 Å². The predicted molar refractivity (Wildman–Crippen MR) is 234 cm³/mol. The Morgan fingerprint density at radius 2 is 1.11 bits per heavy atom. The number of carbonyl (C=O) groups excluding carboxylic acids is 2. The topological polar surface area (TPSA) is 124 Å². The minimum Gasteiger partial charge on any atom is -0.465 e. The zero-order valence-electron chi connectivity index (χ0n) is 36.0. The van der Waals surface area contributed by atoms with E-state index in [9.17, 15) is 14.7 Å². The van der Waals surface area contributed by atoms with Crippen molar-refractivity contribution in [3.05, 3.63) is 0 Å². The molecule has 4 unspecified atom stereocenters. The van der Waals surface area contributed by atoms with Crippen LogP contribution in [0, 0.1) is 23.2 Å². The van der Waals surface area contributed by atoms with Gasteiger partial charge in [0.2, 0.25) is 5.91 Å². The molecule has 0 aromatic carbocycles. The van der Waals surface area contributed by atoms with Crippen molar-refractivity contribution >= 4 is 35.4 Å². The summed E-state index contributed by atoms with van der Waals surface area (Å²) in [5, 5.41) is 21.5. The highest BCUT2D eigenvalue weighted by atomic mass is 32.2. The van der Waals surface area contributed by atoms with Crippen molar-refractivity contribution in [1.82, 2.24) is 5.32 Å². The molecule has 0 saturated heterocycles. The molecule has 0 saturated carbocycles. The molecule has 53 heavy (non-hydrogen) atoms. The molecule has 0 aliphatic heterocycles. The first kappa shape index (κ1) is 54.6. The molecular weight excluding hydrogens is 701 g/mol. The zero-order valence-corrected chi connectivity index (χ0v) is 37.6. The second-order valence-electron chi connectivity index (χ2n) is 16.2. The number of aliphatic hydroxyl groups excluding tert-OH is 2. The van der Waals surface area contributed by atoms with E-state index in [1.807, 2.05) is 37.4 Å². The van der Waals surface area contributed by atoms with E-state index in [2.05, 4.69) is 38.7 Å². The van der Waals surface area contributed by atoms with Crippen molar-refractivity contribution in [1.29, 1.82) is 0 Å². The number of rotatable bonds is 38. The number of ether oxygens (including phenoxy) is 1. The summed E-state index contributed by atoms with van der Waals surface area (Å²) in [6.07, 6.45) is 30.0. The van der Waals surface area contributed by atoms with Crippen LogP contribution in [0.1, 0.15) is 189 Å². The van der Waals surface area contributed by atoms with Crippen LogP contribution in [-0.4, -0.2) is 78.0 Å². The molecule has 0 heterocycles. The van der Waals surface area contributed by atoms with E-state index in [0.717, 1.165) is 43.2 Å². The third-order valence-electron chi connectivity index (χ3n) is 10.2. The van der Waals surface area contributed by atoms with Crippen molar-refractivity contribution in [2.24, 2.45) is 23.2 Å². The van der Waals surface area contributed by atoms with E-state index in [1.165, 1.54) is 134 Å². The Morgan fingerprint density at radius 1 is 0.679 bits per heavy atom. The van der Waals surface area contributed by atoms with Gasteiger partial charge in [-0.3, -0.25) is 9.59 Å². The van der Waals surface area contributed by atoms with Gasteiger partial charge in [-0.2, -0.15) is 23.5 Å². The van der Waals surface area contributed by atoms with Gasteiger partial charge in [0.25, 0.3) is 0 Å². The van der Waals surface area contributed by atoms with Crippen LogP contribution in [0.4, 0.5) is 0 Å². The normalized spacial score (nSPS) is 14.1. The highest BCUT2D eigenvalue weighted by molar-refractivity contribution is 7.99. The van der Waals surface area contributed by atoms with Crippen LogP contribution in [0.3, 0.4) is 0 Å². The molecule has 0 fully saturated rings. The maximum Gasteiger partial charge on any atom is 0.309 e. The summed E-state index contributed by atoms with van der Waals surface area (Å²) in [6.45, 7) is 14.4. The summed E-state index contributed by atoms with van der Waals surface area (Å²) in [5.74, 6) is 4.74. The SMILES string of the molecule is CCCCCCCCCCCCSCC(C)C(=O)NCCCC(C)C[NH3+].CCCCCCCCCCCCSCC(C)C(=O)OCC(C)(CO)CCO. The van der Waals surface area contributed by atoms with E-state index in [4.69, 9.17) is 9.84 Å². The van der Waals surface area contributed by atoms with E-state index in [-0.39, 0.29) is 43.5 Å². The van der Waals surface area contributed by atoms with Crippen LogP contribution < -0.4 is 11.1 Å². The van der Waals surface area contributed by atoms with Crippen molar-refractivity contribution in [2.75, 3.05) is 55.9 Å². The molecule has 7 nitrogen and oxygen atoms in total. The number of amides is 1. The average Bonchev–Trinajstić information content (AvgIpc) is 3.16. The molecule has 0 aliphatic rings. The number of hydrogen-bond acceptors (Lipinski definition) is 7. The standard InChI is InChI=1S/C22H46N2OS.C22H44O4S/c1-4-5-6-7-8-9-10-11-12-13-17-26-19-21(3)22(25)24-16-14-15-20(2)18-23;1-4-5-6-7-8-9-10-11-12-13-16-27-17-20(2)21(25)26-19-22(3,18-24)14-15-23/h20-21H,4-19,23H2,1-3H3,(H,24,25);20,23-24H,4-19H2,1-3H3/p+1. The third kappa shape index (κ3) is 38.2. The number of hydrogen-bond donors (Lipinski definition) is 4. The van der Waals surface area contributed by atoms with Crippen LogP contribution in [-0.2, 0) is 14.3 Å². The van der Waals surface area contributed by atoms with Gasteiger partial charge in [-0.1, -0.05) is 157 Å². The quantitative estimate of drug-likeness (QED) is 0.0363. The number of nitrogens with one attached hydrogen (secondary N) is 1. The highest BCUT2D eigenvalue weighted by Gasteiger charge is 2.26. The Hall–Kier alpha value is -0.480. The monoisotopic (exact) mass is 792 g/mol. The van der Waals surface area contributed by atoms with Crippen LogP contribution in [0.5, 0.6) is 0 Å². The lowest BCUT2D eigenvalue weighted by Gasteiger charge is -2.26. The van der Waals surface area contributed by atoms with E-state index >= 15 is 0 Å². The van der Waals surface area contributed by atoms with Gasteiger partial charge in [0.05, 0.1) is 25.7 Å². The summed E-state index contributed by atoms with van der Waals surface area (Å²) in [7, 11) is 0. The molecule has 0 aromatic rings. The number of quaternary nitrogens is 1. The lowest BCUT2D eigenvalue weighted by atomic mass is 9.89. The first-order valence-electron chi connectivity index (χ1n) is 22.2. The predicted octanol–water partition coefficient (Wildman–Crippen LogP) is 10.3. The molecule has 0 aromatic heterocycles. The lowest BCUT2D eigenvalue weighted by molar-refractivity contribution is -0.378. The smallest absolute Gasteiger partial charge is 0.309 e. The lowest BCUT2D eigenvalue weighted by Crippen LogP contribution is -2.53. The summed E-state index contributed by atoms with van der Waals surface area (Å²) < 4.78 is 5.35. The van der Waals surface area contributed by atoms with Gasteiger partial charge < -0.3 is 26.0 Å². The van der Waals surface area contributed by atoms with Gasteiger partial charge in [0, 0.05) is 41.9 Å². The van der Waals surface area contributed by atoms with Crippen LogP contribution >= 0.6 is 23.5 Å². The Balaban J connectivity index is 0. The van der Waals surface area contributed by atoms with Crippen LogP contribution in [0.25, 0.3) is 0 Å². The second-order valence-corrected chi connectivity index (χ2v) is 18.5. The highest BCUT2D eigenvalue weighted by Crippen LogP contribution is 2.22. The van der Waals surface area contributed by atoms with Gasteiger partial charge in [-0.15, -0.1) is 0 Å². The fourth-order valence-electron chi connectivity index (χ4n) is 5.88. The first-order valence-corrected chi connectivity index (χ1v) is 24.5. The van der Waals surface area contributed by atoms with E-state index in [0.29, 0.717) is 12.3 Å². The molecule has 0 aliphatic carbocycles. The Labute approximate surface area is 338 Å². The largest absolute Gasteiger partial charge is 0.465 e. The van der Waals surface area contributed by atoms with E-state index in [1.54, 1.807) is 0 Å². The molecule has 0 rings (SSSR count). The average molecular weight is 792 g/mol. The fraction of sp³-hybridized carbons (Fsp3) is 0.955. The van der Waals surface area contributed by atoms with Gasteiger partial charge in [0.1, 0.15) is 0 Å². The minimum absolute atomic E-state index is 0.0150. The third-order valence-corrected chi connectivity index (χ3v) is 12.8. The number of aliphatic hydroxyl groups is 2. The fourth-order valence-corrected chi connectivity index (χ4v) is 8.03. The minimum atomic E-state index is -0.548. The molecule has 1 amide bonds. The second kappa shape index (κ2) is 41.2. The molecular formula is C44H91N2O5S2+. The van der Waals surface area contributed by atoms with Gasteiger partial charge in [-0.05, 0) is 43.6 Å². The number of carbonyl (C=O) groups is 2. The molecule has 9 heteroatoms. The van der Waals surface area contributed by atoms with Gasteiger partial charge >= 0.3 is 5.97 Å². The maximum absolute atomic E-state index is 12.1. The summed E-state index contributed by atoms with van der Waals surface area (Å²) >= 11 is 3.77. The van der Waals surface area contributed by atoms with Crippen molar-refractivity contribution in [2.45, 2.75) is 189 Å².